The molecule has 0 radical (unpaired) electrons. The van der Waals surface area contributed by atoms with E-state index in [2.05, 4.69) is 26.6 Å². The maximum Gasteiger partial charge on any atom is 0.335 e. The fraction of sp³-hybridized carbons (Fsp3) is 0.543. The number of aliphatic carboxylic acids is 1. The molecule has 0 saturated carbocycles. The predicted octanol–water partition coefficient (Wildman–Crippen LogP) is -3.60. The van der Waals surface area contributed by atoms with Crippen molar-refractivity contribution in [2.24, 2.45) is 0 Å². The first-order valence-corrected chi connectivity index (χ1v) is 17.8. The molecule has 7 atom stereocenters. The second-order valence-electron chi connectivity index (χ2n) is 12.8. The number of unbranched alkanes of at least 4 members (excludes halogenated alkanes) is 1. The summed E-state index contributed by atoms with van der Waals surface area (Å²) in [5.74, 6) is -5.66. The van der Waals surface area contributed by atoms with E-state index in [0.29, 0.717) is 18.4 Å². The van der Waals surface area contributed by atoms with Crippen LogP contribution >= 0.6 is 0 Å². The van der Waals surface area contributed by atoms with Crippen molar-refractivity contribution in [3.05, 3.63) is 35.9 Å². The number of benzene rings is 1. The first-order valence-electron chi connectivity index (χ1n) is 17.8. The third kappa shape index (κ3) is 13.6. The summed E-state index contributed by atoms with van der Waals surface area (Å²) in [5.41, 5.74) is 0.289. The molecule has 1 unspecified atom stereocenters. The maximum absolute atomic E-state index is 13.4. The Hall–Kier alpha value is -5.52. The number of methoxy groups -OCH3 is 1. The molecule has 1 aromatic carbocycles. The van der Waals surface area contributed by atoms with Gasteiger partial charge in [-0.15, -0.1) is 0 Å². The highest BCUT2D eigenvalue weighted by molar-refractivity contribution is 6.15. The molecular weight excluding hydrogens is 760 g/mol. The molecule has 1 aromatic rings. The van der Waals surface area contributed by atoms with Gasteiger partial charge in [0.1, 0.15) is 42.8 Å². The molecule has 1 saturated heterocycles. The number of aliphatic hydroxyl groups excluding tert-OH is 3. The molecule has 0 aromatic heterocycles. The summed E-state index contributed by atoms with van der Waals surface area (Å²) in [7, 11) is 2.98. The van der Waals surface area contributed by atoms with Crippen LogP contribution in [0, 0.1) is 0 Å². The number of hydrogen-bond acceptors (Lipinski definition) is 16. The van der Waals surface area contributed by atoms with Gasteiger partial charge in [-0.25, -0.2) is 4.79 Å². The third-order valence-electron chi connectivity index (χ3n) is 8.61. The topological polar surface area (TPSA) is 318 Å². The summed E-state index contributed by atoms with van der Waals surface area (Å²) >= 11 is 0. The van der Waals surface area contributed by atoms with Crippen LogP contribution in [0.5, 0.6) is 5.75 Å². The Morgan fingerprint density at radius 2 is 1.65 bits per heavy atom. The highest BCUT2D eigenvalue weighted by Crippen LogP contribution is 2.31. The summed E-state index contributed by atoms with van der Waals surface area (Å²) in [6.07, 6.45) is -6.95. The van der Waals surface area contributed by atoms with Crippen molar-refractivity contribution in [2.45, 2.75) is 81.5 Å². The molecule has 3 rings (SSSR count). The molecule has 0 bridgehead atoms. The number of likely N-dealkylation sites (N-methyl/N-ethyl adjacent to an activating group) is 1. The lowest BCUT2D eigenvalue weighted by Crippen LogP contribution is -2.61. The Bertz CT molecular complexity index is 1620. The number of ether oxygens (including phenoxy) is 4. The Morgan fingerprint density at radius 3 is 2.30 bits per heavy atom. The standard InChI is InChI=1S/C35H48N6O16/c1-36-16-22(41-26(45)8-9-27(41)46)33(51)40-20(5-3-4-12-37-24(43)11-14-54-2)32(50)38-13-10-25(44)39-21-15-19(17-55-18-42)6-7-23(21)56-35-30(49)28(47)29(48)31(57-35)34(52)53/h6-9,15,18,20,22,28-31,35-36,47-49H,3-5,10-14,16-17H2,1-2H3,(H,37,43)(H,38,50)(H,39,44)(H,40,51)(H,52,53)/t20-,22+,28-,29-,30+,31-,35?/m0/s1. The summed E-state index contributed by atoms with van der Waals surface area (Å²) in [6.45, 7) is 0.104. The van der Waals surface area contributed by atoms with Crippen LogP contribution in [-0.2, 0) is 59.2 Å². The van der Waals surface area contributed by atoms with Crippen LogP contribution in [0.1, 0.15) is 37.7 Å². The second-order valence-corrected chi connectivity index (χ2v) is 12.8. The highest BCUT2D eigenvalue weighted by Gasteiger charge is 2.48. The van der Waals surface area contributed by atoms with Crippen molar-refractivity contribution in [3.63, 3.8) is 0 Å². The predicted molar refractivity (Wildman–Crippen MR) is 192 cm³/mol. The van der Waals surface area contributed by atoms with E-state index in [9.17, 15) is 58.8 Å². The molecule has 2 aliphatic heterocycles. The van der Waals surface area contributed by atoms with Gasteiger partial charge in [0.2, 0.25) is 29.9 Å². The van der Waals surface area contributed by atoms with Gasteiger partial charge in [0.25, 0.3) is 18.3 Å². The first kappa shape index (κ1) is 45.9. The van der Waals surface area contributed by atoms with Crippen molar-refractivity contribution < 1.29 is 77.7 Å². The van der Waals surface area contributed by atoms with Gasteiger partial charge in [-0.05, 0) is 44.0 Å². The molecule has 0 aliphatic carbocycles. The number of carbonyl (C=O) groups excluding carboxylic acids is 7. The Labute approximate surface area is 326 Å². The van der Waals surface area contributed by atoms with Crippen molar-refractivity contribution in [1.29, 1.82) is 0 Å². The van der Waals surface area contributed by atoms with Gasteiger partial charge in [-0.2, -0.15) is 0 Å². The number of nitrogens with one attached hydrogen (secondary N) is 5. The van der Waals surface area contributed by atoms with Crippen LogP contribution in [0.15, 0.2) is 30.4 Å². The van der Waals surface area contributed by atoms with E-state index in [1.165, 1.54) is 32.4 Å². The second kappa shape index (κ2) is 22.9. The molecule has 0 spiro atoms. The number of aliphatic hydroxyl groups is 3. The molecule has 1 fully saturated rings. The molecule has 314 valence electrons. The van der Waals surface area contributed by atoms with Crippen LogP contribution in [0.4, 0.5) is 5.69 Å². The van der Waals surface area contributed by atoms with Gasteiger partial charge in [-0.3, -0.25) is 38.5 Å². The van der Waals surface area contributed by atoms with E-state index in [0.717, 1.165) is 17.1 Å². The lowest BCUT2D eigenvalue weighted by Gasteiger charge is -2.38. The number of imide groups is 1. The SMILES string of the molecule is CNC[C@H](C(=O)N[C@@H](CCCCNC(=O)CCOC)C(=O)NCCC(=O)Nc1cc(COC=O)ccc1OC1O[C@H](C(=O)O)[C@@H](O)[C@H](O)[C@H]1O)N1C(=O)C=CC1=O. The average Bonchev–Trinajstić information content (AvgIpc) is 3.51. The first-order chi connectivity index (χ1) is 27.2. The molecule has 9 N–H and O–H groups in total. The minimum atomic E-state index is -1.98. The van der Waals surface area contributed by atoms with E-state index in [-0.39, 0.29) is 75.9 Å². The normalized spacial score (nSPS) is 21.3. The van der Waals surface area contributed by atoms with Gasteiger partial charge < -0.3 is 66.0 Å². The van der Waals surface area contributed by atoms with E-state index >= 15 is 0 Å². The van der Waals surface area contributed by atoms with E-state index in [1.807, 2.05) is 0 Å². The Balaban J connectivity index is 1.69. The number of hydrogen-bond donors (Lipinski definition) is 9. The number of rotatable bonds is 24. The fourth-order valence-corrected chi connectivity index (χ4v) is 5.64. The quantitative estimate of drug-likeness (QED) is 0.0277. The van der Waals surface area contributed by atoms with Crippen LogP contribution in [0.3, 0.4) is 0 Å². The number of carboxylic acids is 1. The molecular formula is C35H48N6O16. The van der Waals surface area contributed by atoms with Crippen LogP contribution in [-0.4, -0.2) is 156 Å². The largest absolute Gasteiger partial charge is 0.479 e. The van der Waals surface area contributed by atoms with Gasteiger partial charge in [-0.1, -0.05) is 6.07 Å². The smallest absolute Gasteiger partial charge is 0.335 e. The number of anilines is 1. The van der Waals surface area contributed by atoms with Crippen LogP contribution in [0.25, 0.3) is 0 Å². The van der Waals surface area contributed by atoms with Gasteiger partial charge >= 0.3 is 5.97 Å². The fourth-order valence-electron chi connectivity index (χ4n) is 5.64. The van der Waals surface area contributed by atoms with Crippen molar-refractivity contribution in [3.8, 4) is 5.75 Å². The Morgan fingerprint density at radius 1 is 0.930 bits per heavy atom. The molecule has 6 amide bonds. The zero-order chi connectivity index (χ0) is 42.1. The molecule has 2 heterocycles. The zero-order valence-electron chi connectivity index (χ0n) is 31.2. The lowest BCUT2D eigenvalue weighted by molar-refractivity contribution is -0.271. The number of nitrogens with zero attached hydrogens (tertiary/aromatic N) is 1. The lowest BCUT2D eigenvalue weighted by atomic mass is 9.99. The van der Waals surface area contributed by atoms with Crippen LogP contribution < -0.4 is 31.3 Å². The summed E-state index contributed by atoms with van der Waals surface area (Å²) in [6, 6.07) is 1.55. The maximum atomic E-state index is 13.4. The van der Waals surface area contributed by atoms with E-state index in [1.54, 1.807) is 0 Å². The number of carboxylic acid groups (broad SMARTS) is 1. The van der Waals surface area contributed by atoms with Gasteiger partial charge in [0.05, 0.1) is 12.3 Å². The molecule has 57 heavy (non-hydrogen) atoms. The average molecular weight is 809 g/mol. The van der Waals surface area contributed by atoms with E-state index < -0.39 is 78.3 Å². The summed E-state index contributed by atoms with van der Waals surface area (Å²) in [5, 5.41) is 53.1. The zero-order valence-corrected chi connectivity index (χ0v) is 31.2. The molecule has 22 nitrogen and oxygen atoms in total. The van der Waals surface area contributed by atoms with Crippen molar-refractivity contribution in [2.75, 3.05) is 45.7 Å². The summed E-state index contributed by atoms with van der Waals surface area (Å²) in [4.78, 5) is 99.6. The molecule has 2 aliphatic rings. The summed E-state index contributed by atoms with van der Waals surface area (Å²) < 4.78 is 20.4. The van der Waals surface area contributed by atoms with Crippen molar-refractivity contribution in [1.82, 2.24) is 26.2 Å². The van der Waals surface area contributed by atoms with Gasteiger partial charge in [0.15, 0.2) is 6.10 Å². The van der Waals surface area contributed by atoms with Crippen LogP contribution in [0.2, 0.25) is 0 Å². The number of carbonyl (C=O) groups is 8. The van der Waals surface area contributed by atoms with E-state index in [4.69, 9.17) is 18.9 Å². The highest BCUT2D eigenvalue weighted by atomic mass is 16.7. The monoisotopic (exact) mass is 808 g/mol. The minimum Gasteiger partial charge on any atom is -0.479 e. The third-order valence-corrected chi connectivity index (χ3v) is 8.61. The van der Waals surface area contributed by atoms with Gasteiger partial charge in [0, 0.05) is 51.7 Å². The minimum absolute atomic E-state index is 0.0721. The Kier molecular flexibility index (Phi) is 18.4. The number of amides is 6. The molecule has 22 heteroatoms. The van der Waals surface area contributed by atoms with Crippen molar-refractivity contribution >= 4 is 53.6 Å².